The number of fused-ring (bicyclic) bond motifs is 1. The van der Waals surface area contributed by atoms with Gasteiger partial charge in [-0.1, -0.05) is 35.5 Å². The minimum atomic E-state index is -0.164. The summed E-state index contributed by atoms with van der Waals surface area (Å²) >= 11 is 0. The van der Waals surface area contributed by atoms with Gasteiger partial charge in [0, 0.05) is 18.2 Å². The Kier molecular flexibility index (Phi) is 4.27. The van der Waals surface area contributed by atoms with Gasteiger partial charge in [0.2, 0.25) is 5.89 Å². The molecule has 3 aromatic rings. The molecule has 1 unspecified atom stereocenters. The summed E-state index contributed by atoms with van der Waals surface area (Å²) in [6.07, 6.45) is 0.628. The van der Waals surface area contributed by atoms with E-state index in [1.807, 2.05) is 49.4 Å². The van der Waals surface area contributed by atoms with E-state index in [9.17, 15) is 4.79 Å². The number of hydrogen-bond acceptors (Lipinski definition) is 6. The standard InChI is InChI=1S/C19H18N4O3/c1-12(19-22-17(23-26-19)9-13-5-3-2-4-6-13)20-14-7-8-15-16(10-14)25-11-18(24)21-15/h2-8,10,12,20H,9,11H2,1H3,(H,21,24). The van der Waals surface area contributed by atoms with Gasteiger partial charge in [0.25, 0.3) is 5.91 Å². The molecule has 7 heteroatoms. The average molecular weight is 350 g/mol. The van der Waals surface area contributed by atoms with Crippen LogP contribution in [0.15, 0.2) is 53.1 Å². The number of benzene rings is 2. The molecule has 0 saturated heterocycles. The van der Waals surface area contributed by atoms with Crippen LogP contribution in [0.25, 0.3) is 0 Å². The predicted molar refractivity (Wildman–Crippen MR) is 96.2 cm³/mol. The fourth-order valence-electron chi connectivity index (χ4n) is 2.77. The van der Waals surface area contributed by atoms with Crippen molar-refractivity contribution in [3.8, 4) is 5.75 Å². The number of aromatic nitrogens is 2. The van der Waals surface area contributed by atoms with Crippen molar-refractivity contribution in [1.29, 1.82) is 0 Å². The molecule has 2 heterocycles. The second-order valence-corrected chi connectivity index (χ2v) is 6.13. The highest BCUT2D eigenvalue weighted by atomic mass is 16.5. The van der Waals surface area contributed by atoms with Gasteiger partial charge in [0.15, 0.2) is 12.4 Å². The topological polar surface area (TPSA) is 89.3 Å². The van der Waals surface area contributed by atoms with E-state index in [-0.39, 0.29) is 18.6 Å². The van der Waals surface area contributed by atoms with Crippen LogP contribution in [-0.4, -0.2) is 22.7 Å². The van der Waals surface area contributed by atoms with Gasteiger partial charge in [-0.05, 0) is 24.6 Å². The molecule has 4 rings (SSSR count). The van der Waals surface area contributed by atoms with Crippen molar-refractivity contribution in [2.75, 3.05) is 17.2 Å². The van der Waals surface area contributed by atoms with Gasteiger partial charge in [0.1, 0.15) is 11.8 Å². The van der Waals surface area contributed by atoms with Crippen molar-refractivity contribution in [1.82, 2.24) is 10.1 Å². The lowest BCUT2D eigenvalue weighted by Crippen LogP contribution is -2.25. The van der Waals surface area contributed by atoms with Gasteiger partial charge < -0.3 is 19.9 Å². The van der Waals surface area contributed by atoms with Crippen LogP contribution in [0.2, 0.25) is 0 Å². The van der Waals surface area contributed by atoms with Crippen molar-refractivity contribution in [3.05, 3.63) is 65.8 Å². The molecule has 0 aliphatic carbocycles. The summed E-state index contributed by atoms with van der Waals surface area (Å²) < 4.78 is 10.8. The monoisotopic (exact) mass is 350 g/mol. The molecule has 2 N–H and O–H groups in total. The van der Waals surface area contributed by atoms with E-state index in [4.69, 9.17) is 9.26 Å². The van der Waals surface area contributed by atoms with Gasteiger partial charge in [0.05, 0.1) is 5.69 Å². The Morgan fingerprint density at radius 3 is 2.92 bits per heavy atom. The van der Waals surface area contributed by atoms with Gasteiger partial charge in [-0.15, -0.1) is 0 Å². The van der Waals surface area contributed by atoms with E-state index >= 15 is 0 Å². The lowest BCUT2D eigenvalue weighted by molar-refractivity contribution is -0.118. The van der Waals surface area contributed by atoms with E-state index in [1.165, 1.54) is 0 Å². The lowest BCUT2D eigenvalue weighted by Gasteiger charge is -2.19. The third kappa shape index (κ3) is 3.51. The highest BCUT2D eigenvalue weighted by Gasteiger charge is 2.18. The van der Waals surface area contributed by atoms with Crippen LogP contribution in [0.4, 0.5) is 11.4 Å². The van der Waals surface area contributed by atoms with Gasteiger partial charge in [-0.2, -0.15) is 4.98 Å². The maximum Gasteiger partial charge on any atom is 0.262 e. The Labute approximate surface area is 150 Å². The SMILES string of the molecule is CC(Nc1ccc2c(c1)OCC(=O)N2)c1nc(Cc2ccccc2)no1. The summed E-state index contributed by atoms with van der Waals surface area (Å²) in [6.45, 7) is 1.97. The maximum atomic E-state index is 11.3. The smallest absolute Gasteiger partial charge is 0.262 e. The van der Waals surface area contributed by atoms with Crippen molar-refractivity contribution in [2.24, 2.45) is 0 Å². The van der Waals surface area contributed by atoms with Crippen LogP contribution in [0.5, 0.6) is 5.75 Å². The van der Waals surface area contributed by atoms with E-state index in [1.54, 1.807) is 6.07 Å². The number of nitrogens with zero attached hydrogens (tertiary/aromatic N) is 2. The molecule has 1 atom stereocenters. The Balaban J connectivity index is 1.44. The molecule has 26 heavy (non-hydrogen) atoms. The minimum Gasteiger partial charge on any atom is -0.482 e. The van der Waals surface area contributed by atoms with Crippen LogP contribution in [0, 0.1) is 0 Å². The normalized spacial score (nSPS) is 14.1. The van der Waals surface area contributed by atoms with Crippen LogP contribution in [-0.2, 0) is 11.2 Å². The fraction of sp³-hybridized carbons (Fsp3) is 0.211. The molecule has 0 fully saturated rings. The van der Waals surface area contributed by atoms with Crippen LogP contribution in [0.1, 0.15) is 30.2 Å². The van der Waals surface area contributed by atoms with Crippen molar-refractivity contribution in [2.45, 2.75) is 19.4 Å². The summed E-state index contributed by atoms with van der Waals surface area (Å²) in [4.78, 5) is 15.8. The minimum absolute atomic E-state index is 0.0263. The number of anilines is 2. The second kappa shape index (κ2) is 6.87. The first-order chi connectivity index (χ1) is 12.7. The van der Waals surface area contributed by atoms with E-state index in [2.05, 4.69) is 20.8 Å². The lowest BCUT2D eigenvalue weighted by atomic mass is 10.1. The van der Waals surface area contributed by atoms with E-state index in [0.717, 1.165) is 11.3 Å². The van der Waals surface area contributed by atoms with Crippen LogP contribution in [0.3, 0.4) is 0 Å². The first-order valence-electron chi connectivity index (χ1n) is 8.37. The van der Waals surface area contributed by atoms with Crippen molar-refractivity contribution in [3.63, 3.8) is 0 Å². The largest absolute Gasteiger partial charge is 0.482 e. The van der Waals surface area contributed by atoms with Gasteiger partial charge >= 0.3 is 0 Å². The number of carbonyl (C=O) groups excluding carboxylic acids is 1. The molecule has 0 radical (unpaired) electrons. The molecule has 1 aliphatic rings. The highest BCUT2D eigenvalue weighted by molar-refractivity contribution is 5.95. The van der Waals surface area contributed by atoms with E-state index in [0.29, 0.717) is 29.6 Å². The first kappa shape index (κ1) is 16.1. The number of hydrogen-bond donors (Lipinski definition) is 2. The zero-order chi connectivity index (χ0) is 17.9. The Morgan fingerprint density at radius 1 is 1.23 bits per heavy atom. The number of ether oxygens (including phenoxy) is 1. The molecule has 1 aliphatic heterocycles. The quantitative estimate of drug-likeness (QED) is 0.735. The molecule has 2 aromatic carbocycles. The molecule has 0 spiro atoms. The molecule has 7 nitrogen and oxygen atoms in total. The summed E-state index contributed by atoms with van der Waals surface area (Å²) in [5.41, 5.74) is 2.65. The average Bonchev–Trinajstić information content (AvgIpc) is 3.11. The zero-order valence-electron chi connectivity index (χ0n) is 14.2. The molecular formula is C19H18N4O3. The number of amides is 1. The molecule has 1 amide bonds. The molecule has 1 aromatic heterocycles. The number of rotatable bonds is 5. The zero-order valence-corrected chi connectivity index (χ0v) is 14.2. The summed E-state index contributed by atoms with van der Waals surface area (Å²) in [5, 5.41) is 10.1. The number of carbonyl (C=O) groups is 1. The molecule has 0 bridgehead atoms. The molecular weight excluding hydrogens is 332 g/mol. The summed E-state index contributed by atoms with van der Waals surface area (Å²) in [6, 6.07) is 15.4. The van der Waals surface area contributed by atoms with Gasteiger partial charge in [-0.25, -0.2) is 0 Å². The third-order valence-corrected chi connectivity index (χ3v) is 4.06. The third-order valence-electron chi connectivity index (χ3n) is 4.06. The summed E-state index contributed by atoms with van der Waals surface area (Å²) in [7, 11) is 0. The molecule has 0 saturated carbocycles. The predicted octanol–water partition coefficient (Wildman–Crippen LogP) is 3.16. The number of nitrogens with one attached hydrogen (secondary N) is 2. The van der Waals surface area contributed by atoms with Crippen LogP contribution >= 0.6 is 0 Å². The summed E-state index contributed by atoms with van der Waals surface area (Å²) in [5.74, 6) is 1.65. The Bertz CT molecular complexity index is 924. The Hall–Kier alpha value is -3.35. The fourth-order valence-corrected chi connectivity index (χ4v) is 2.77. The van der Waals surface area contributed by atoms with Gasteiger partial charge in [-0.3, -0.25) is 4.79 Å². The van der Waals surface area contributed by atoms with Crippen molar-refractivity contribution < 1.29 is 14.1 Å². The van der Waals surface area contributed by atoms with E-state index < -0.39 is 0 Å². The first-order valence-corrected chi connectivity index (χ1v) is 8.37. The van der Waals surface area contributed by atoms with Crippen LogP contribution < -0.4 is 15.4 Å². The second-order valence-electron chi connectivity index (χ2n) is 6.13. The van der Waals surface area contributed by atoms with Crippen molar-refractivity contribution >= 4 is 17.3 Å². The maximum absolute atomic E-state index is 11.3. The Morgan fingerprint density at radius 2 is 2.08 bits per heavy atom. The molecule has 132 valence electrons. The highest BCUT2D eigenvalue weighted by Crippen LogP contribution is 2.31.